The quantitative estimate of drug-likeness (QED) is 0.870. The van der Waals surface area contributed by atoms with Crippen LogP contribution in [0.25, 0.3) is 0 Å². The standard InChI is InChI=1S/C15H16N2/c16-15(12-4-2-1-3-5-12)14-9-8-13(10-17-14)11-6-7-11/h1-5,8-11,15H,6-7,16H2. The number of pyridine rings is 1. The van der Waals surface area contributed by atoms with Crippen LogP contribution < -0.4 is 5.73 Å². The molecule has 0 saturated heterocycles. The van der Waals surface area contributed by atoms with Crippen LogP contribution in [-0.4, -0.2) is 4.98 Å². The van der Waals surface area contributed by atoms with Gasteiger partial charge in [0.15, 0.2) is 0 Å². The predicted octanol–water partition coefficient (Wildman–Crippen LogP) is 3.01. The summed E-state index contributed by atoms with van der Waals surface area (Å²) < 4.78 is 0. The van der Waals surface area contributed by atoms with Gasteiger partial charge in [-0.25, -0.2) is 0 Å². The van der Waals surface area contributed by atoms with E-state index in [2.05, 4.69) is 17.1 Å². The van der Waals surface area contributed by atoms with Crippen molar-refractivity contribution in [3.05, 3.63) is 65.5 Å². The van der Waals surface area contributed by atoms with E-state index in [4.69, 9.17) is 5.73 Å². The molecule has 1 atom stereocenters. The number of hydrogen-bond acceptors (Lipinski definition) is 2. The van der Waals surface area contributed by atoms with E-state index in [1.165, 1.54) is 18.4 Å². The summed E-state index contributed by atoms with van der Waals surface area (Å²) in [7, 11) is 0. The molecular weight excluding hydrogens is 208 g/mol. The van der Waals surface area contributed by atoms with Gasteiger partial charge in [-0.05, 0) is 36.0 Å². The smallest absolute Gasteiger partial charge is 0.0726 e. The van der Waals surface area contributed by atoms with Gasteiger partial charge >= 0.3 is 0 Å². The number of aromatic nitrogens is 1. The molecule has 1 aliphatic rings. The largest absolute Gasteiger partial charge is 0.319 e. The monoisotopic (exact) mass is 224 g/mol. The van der Waals surface area contributed by atoms with Gasteiger partial charge < -0.3 is 5.73 Å². The van der Waals surface area contributed by atoms with Gasteiger partial charge in [0.05, 0.1) is 11.7 Å². The third-order valence-corrected chi connectivity index (χ3v) is 3.34. The molecule has 0 radical (unpaired) electrons. The van der Waals surface area contributed by atoms with Crippen molar-refractivity contribution >= 4 is 0 Å². The molecule has 1 aliphatic carbocycles. The minimum atomic E-state index is -0.121. The zero-order valence-electron chi connectivity index (χ0n) is 9.71. The Labute approximate surface area is 102 Å². The average molecular weight is 224 g/mol. The third kappa shape index (κ3) is 2.22. The van der Waals surface area contributed by atoms with E-state index in [-0.39, 0.29) is 6.04 Å². The lowest BCUT2D eigenvalue weighted by atomic mass is 10.0. The van der Waals surface area contributed by atoms with E-state index in [0.29, 0.717) is 0 Å². The van der Waals surface area contributed by atoms with Crippen molar-refractivity contribution in [3.8, 4) is 0 Å². The fourth-order valence-corrected chi connectivity index (χ4v) is 2.09. The second-order valence-electron chi connectivity index (χ2n) is 4.68. The summed E-state index contributed by atoms with van der Waals surface area (Å²) in [5, 5.41) is 0. The summed E-state index contributed by atoms with van der Waals surface area (Å²) in [4.78, 5) is 4.49. The fourth-order valence-electron chi connectivity index (χ4n) is 2.09. The number of nitrogens with two attached hydrogens (primary N) is 1. The van der Waals surface area contributed by atoms with E-state index in [0.717, 1.165) is 17.2 Å². The van der Waals surface area contributed by atoms with Crippen molar-refractivity contribution in [2.24, 2.45) is 5.73 Å². The Morgan fingerprint density at radius 1 is 1.06 bits per heavy atom. The van der Waals surface area contributed by atoms with Gasteiger partial charge in [-0.2, -0.15) is 0 Å². The summed E-state index contributed by atoms with van der Waals surface area (Å²) >= 11 is 0. The molecule has 0 amide bonds. The minimum Gasteiger partial charge on any atom is -0.319 e. The van der Waals surface area contributed by atoms with Gasteiger partial charge in [-0.15, -0.1) is 0 Å². The molecule has 1 aromatic heterocycles. The minimum absolute atomic E-state index is 0.121. The number of nitrogens with zero attached hydrogens (tertiary/aromatic N) is 1. The summed E-state index contributed by atoms with van der Waals surface area (Å²) in [5.41, 5.74) is 9.61. The van der Waals surface area contributed by atoms with Crippen LogP contribution in [0.15, 0.2) is 48.7 Å². The normalized spacial score (nSPS) is 16.8. The second-order valence-corrected chi connectivity index (χ2v) is 4.68. The molecule has 1 saturated carbocycles. The predicted molar refractivity (Wildman–Crippen MR) is 68.7 cm³/mol. The lowest BCUT2D eigenvalue weighted by Crippen LogP contribution is -2.13. The zero-order chi connectivity index (χ0) is 11.7. The molecular formula is C15H16N2. The lowest BCUT2D eigenvalue weighted by molar-refractivity contribution is 0.824. The number of rotatable bonds is 3. The van der Waals surface area contributed by atoms with Gasteiger partial charge in [-0.3, -0.25) is 4.98 Å². The summed E-state index contributed by atoms with van der Waals surface area (Å²) in [6.07, 6.45) is 4.60. The maximum atomic E-state index is 6.20. The average Bonchev–Trinajstić information content (AvgIpc) is 3.24. The van der Waals surface area contributed by atoms with Gasteiger partial charge in [0.25, 0.3) is 0 Å². The molecule has 2 heteroatoms. The summed E-state index contributed by atoms with van der Waals surface area (Å²) in [6, 6.07) is 14.2. The first-order chi connectivity index (χ1) is 8.34. The van der Waals surface area contributed by atoms with Gasteiger partial charge in [0.1, 0.15) is 0 Å². The van der Waals surface area contributed by atoms with Crippen LogP contribution in [0.1, 0.15) is 41.6 Å². The second kappa shape index (κ2) is 4.30. The molecule has 17 heavy (non-hydrogen) atoms. The maximum absolute atomic E-state index is 6.20. The van der Waals surface area contributed by atoms with Gasteiger partial charge in [0.2, 0.25) is 0 Å². The van der Waals surface area contributed by atoms with Crippen molar-refractivity contribution in [1.29, 1.82) is 0 Å². The molecule has 1 fully saturated rings. The SMILES string of the molecule is NC(c1ccccc1)c1ccc(C2CC2)cn1. The van der Waals surface area contributed by atoms with Gasteiger partial charge in [0, 0.05) is 6.20 Å². The third-order valence-electron chi connectivity index (χ3n) is 3.34. The molecule has 0 bridgehead atoms. The van der Waals surface area contributed by atoms with Crippen LogP contribution in [0.3, 0.4) is 0 Å². The molecule has 1 aromatic carbocycles. The van der Waals surface area contributed by atoms with Crippen LogP contribution in [0.5, 0.6) is 0 Å². The molecule has 2 aromatic rings. The van der Waals surface area contributed by atoms with Crippen molar-refractivity contribution in [2.75, 3.05) is 0 Å². The Bertz CT molecular complexity index is 486. The molecule has 0 aliphatic heterocycles. The highest BCUT2D eigenvalue weighted by Crippen LogP contribution is 2.39. The highest BCUT2D eigenvalue weighted by Gasteiger charge is 2.23. The summed E-state index contributed by atoms with van der Waals surface area (Å²) in [6.45, 7) is 0. The molecule has 1 unspecified atom stereocenters. The molecule has 3 rings (SSSR count). The lowest BCUT2D eigenvalue weighted by Gasteiger charge is -2.11. The molecule has 2 nitrogen and oxygen atoms in total. The van der Waals surface area contributed by atoms with Crippen molar-refractivity contribution in [1.82, 2.24) is 4.98 Å². The van der Waals surface area contributed by atoms with Crippen LogP contribution in [0.4, 0.5) is 0 Å². The Morgan fingerprint density at radius 3 is 2.41 bits per heavy atom. The topological polar surface area (TPSA) is 38.9 Å². The zero-order valence-corrected chi connectivity index (χ0v) is 9.71. The van der Waals surface area contributed by atoms with E-state index in [1.807, 2.05) is 36.5 Å². The fraction of sp³-hybridized carbons (Fsp3) is 0.267. The summed E-state index contributed by atoms with van der Waals surface area (Å²) in [5.74, 6) is 0.754. The van der Waals surface area contributed by atoms with E-state index in [1.54, 1.807) is 0 Å². The van der Waals surface area contributed by atoms with Crippen molar-refractivity contribution in [2.45, 2.75) is 24.8 Å². The first-order valence-corrected chi connectivity index (χ1v) is 6.11. The molecule has 2 N–H and O–H groups in total. The Kier molecular flexibility index (Phi) is 2.65. The molecule has 0 spiro atoms. The highest BCUT2D eigenvalue weighted by molar-refractivity contribution is 5.29. The van der Waals surface area contributed by atoms with Crippen molar-refractivity contribution in [3.63, 3.8) is 0 Å². The van der Waals surface area contributed by atoms with Crippen LogP contribution in [0.2, 0.25) is 0 Å². The van der Waals surface area contributed by atoms with Crippen LogP contribution in [-0.2, 0) is 0 Å². The first kappa shape index (κ1) is 10.5. The Balaban J connectivity index is 1.83. The van der Waals surface area contributed by atoms with E-state index >= 15 is 0 Å². The Hall–Kier alpha value is -1.67. The molecule has 1 heterocycles. The number of benzene rings is 1. The van der Waals surface area contributed by atoms with E-state index in [9.17, 15) is 0 Å². The molecule has 86 valence electrons. The number of hydrogen-bond donors (Lipinski definition) is 1. The van der Waals surface area contributed by atoms with Gasteiger partial charge in [-0.1, -0.05) is 36.4 Å². The van der Waals surface area contributed by atoms with E-state index < -0.39 is 0 Å². The first-order valence-electron chi connectivity index (χ1n) is 6.11. The van der Waals surface area contributed by atoms with Crippen LogP contribution >= 0.6 is 0 Å². The van der Waals surface area contributed by atoms with Crippen LogP contribution in [0, 0.1) is 0 Å². The Morgan fingerprint density at radius 2 is 1.82 bits per heavy atom. The highest BCUT2D eigenvalue weighted by atomic mass is 14.8. The maximum Gasteiger partial charge on any atom is 0.0726 e. The van der Waals surface area contributed by atoms with Crippen molar-refractivity contribution < 1.29 is 0 Å².